The molecule has 1 saturated carbocycles. The van der Waals surface area contributed by atoms with Gasteiger partial charge in [-0.05, 0) is 43.9 Å². The minimum absolute atomic E-state index is 0.0707. The summed E-state index contributed by atoms with van der Waals surface area (Å²) in [5.41, 5.74) is 1.36. The van der Waals surface area contributed by atoms with E-state index in [0.717, 1.165) is 50.1 Å². The zero-order valence-corrected chi connectivity index (χ0v) is 15.9. The van der Waals surface area contributed by atoms with Crippen LogP contribution in [0.25, 0.3) is 11.0 Å². The Bertz CT molecular complexity index is 1220. The van der Waals surface area contributed by atoms with Crippen LogP contribution < -0.4 is 21.5 Å². The lowest BCUT2D eigenvalue weighted by Gasteiger charge is -2.21. The Morgan fingerprint density at radius 3 is 2.66 bits per heavy atom. The molecule has 1 saturated heterocycles. The standard InChI is InChI=1S/C21H21N5O3/c27-19(23-16-5-1-2-6-17(16)25-9-3-4-10-25)13-11-15-18(22-12-13)26(14-7-8-14)21(29)24-20(15)28/h1-2,5-6,11-12,14H,3-4,7-10H2,(H,23,27)(H,24,28,29). The van der Waals surface area contributed by atoms with Gasteiger partial charge < -0.3 is 10.2 Å². The number of aromatic nitrogens is 3. The molecule has 0 atom stereocenters. The fourth-order valence-electron chi connectivity index (χ4n) is 3.94. The van der Waals surface area contributed by atoms with E-state index in [1.165, 1.54) is 16.8 Å². The van der Waals surface area contributed by atoms with Crippen LogP contribution in [0.5, 0.6) is 0 Å². The lowest BCUT2D eigenvalue weighted by Crippen LogP contribution is -2.30. The first-order valence-electron chi connectivity index (χ1n) is 9.92. The number of anilines is 2. The molecule has 2 aliphatic rings. The first-order chi connectivity index (χ1) is 14.1. The molecule has 1 aliphatic carbocycles. The number of hydrogen-bond donors (Lipinski definition) is 2. The lowest BCUT2D eigenvalue weighted by molar-refractivity contribution is 0.102. The molecule has 3 heterocycles. The zero-order chi connectivity index (χ0) is 20.0. The predicted molar refractivity (Wildman–Crippen MR) is 111 cm³/mol. The van der Waals surface area contributed by atoms with Crippen molar-refractivity contribution in [3.8, 4) is 0 Å². The molecule has 2 N–H and O–H groups in total. The second-order valence-corrected chi connectivity index (χ2v) is 7.62. The van der Waals surface area contributed by atoms with E-state index in [1.807, 2.05) is 24.3 Å². The van der Waals surface area contributed by atoms with Crippen LogP contribution in [0.15, 0.2) is 46.1 Å². The van der Waals surface area contributed by atoms with Gasteiger partial charge in [-0.25, -0.2) is 9.78 Å². The summed E-state index contributed by atoms with van der Waals surface area (Å²) in [6.07, 6.45) is 5.48. The van der Waals surface area contributed by atoms with Gasteiger partial charge in [0.1, 0.15) is 5.65 Å². The average Bonchev–Trinajstić information content (AvgIpc) is 3.40. The molecule has 0 bridgehead atoms. The molecule has 1 aromatic carbocycles. The zero-order valence-electron chi connectivity index (χ0n) is 15.9. The smallest absolute Gasteiger partial charge is 0.330 e. The minimum Gasteiger partial charge on any atom is -0.370 e. The van der Waals surface area contributed by atoms with Crippen LogP contribution in [0.3, 0.4) is 0 Å². The van der Waals surface area contributed by atoms with Gasteiger partial charge in [0.15, 0.2) is 0 Å². The molecule has 29 heavy (non-hydrogen) atoms. The third-order valence-corrected chi connectivity index (χ3v) is 5.55. The molecule has 2 fully saturated rings. The van der Waals surface area contributed by atoms with Gasteiger partial charge in [-0.1, -0.05) is 12.1 Å². The second-order valence-electron chi connectivity index (χ2n) is 7.62. The molecule has 0 spiro atoms. The molecule has 1 aliphatic heterocycles. The third kappa shape index (κ3) is 3.20. The summed E-state index contributed by atoms with van der Waals surface area (Å²) in [4.78, 5) is 46.2. The Hall–Kier alpha value is -3.42. The summed E-state index contributed by atoms with van der Waals surface area (Å²) in [7, 11) is 0. The third-order valence-electron chi connectivity index (χ3n) is 5.55. The number of rotatable bonds is 4. The maximum atomic E-state index is 12.9. The van der Waals surface area contributed by atoms with Crippen molar-refractivity contribution in [3.05, 3.63) is 62.9 Å². The molecule has 8 nitrogen and oxygen atoms in total. The number of carbonyl (C=O) groups excluding carboxylic acids is 1. The number of fused-ring (bicyclic) bond motifs is 1. The van der Waals surface area contributed by atoms with Gasteiger partial charge in [0.2, 0.25) is 0 Å². The predicted octanol–water partition coefficient (Wildman–Crippen LogP) is 2.27. The summed E-state index contributed by atoms with van der Waals surface area (Å²) >= 11 is 0. The van der Waals surface area contributed by atoms with Gasteiger partial charge in [0, 0.05) is 25.3 Å². The summed E-state index contributed by atoms with van der Waals surface area (Å²) in [6, 6.07) is 9.29. The highest BCUT2D eigenvalue weighted by Crippen LogP contribution is 2.34. The molecular weight excluding hydrogens is 370 g/mol. The van der Waals surface area contributed by atoms with E-state index < -0.39 is 11.2 Å². The van der Waals surface area contributed by atoms with Crippen LogP contribution in [-0.4, -0.2) is 33.5 Å². The average molecular weight is 391 g/mol. The summed E-state index contributed by atoms with van der Waals surface area (Å²) in [6.45, 7) is 1.94. The van der Waals surface area contributed by atoms with E-state index in [9.17, 15) is 14.4 Å². The topological polar surface area (TPSA) is 100 Å². The molecule has 3 aromatic rings. The number of aromatic amines is 1. The van der Waals surface area contributed by atoms with Crippen molar-refractivity contribution in [1.29, 1.82) is 0 Å². The van der Waals surface area contributed by atoms with E-state index >= 15 is 0 Å². The van der Waals surface area contributed by atoms with Gasteiger partial charge in [-0.3, -0.25) is 19.1 Å². The van der Waals surface area contributed by atoms with Gasteiger partial charge in [0.05, 0.1) is 22.3 Å². The number of amides is 1. The Labute approximate surface area is 166 Å². The highest BCUT2D eigenvalue weighted by atomic mass is 16.2. The largest absolute Gasteiger partial charge is 0.370 e. The van der Waals surface area contributed by atoms with E-state index in [2.05, 4.69) is 20.2 Å². The molecule has 1 amide bonds. The maximum Gasteiger partial charge on any atom is 0.330 e. The van der Waals surface area contributed by atoms with E-state index in [1.54, 1.807) is 0 Å². The highest BCUT2D eigenvalue weighted by molar-refractivity contribution is 6.07. The van der Waals surface area contributed by atoms with Crippen LogP contribution in [-0.2, 0) is 0 Å². The minimum atomic E-state index is -0.526. The highest BCUT2D eigenvalue weighted by Gasteiger charge is 2.28. The van der Waals surface area contributed by atoms with Gasteiger partial charge in [0.25, 0.3) is 11.5 Å². The lowest BCUT2D eigenvalue weighted by atomic mass is 10.2. The normalized spacial score (nSPS) is 16.3. The fourth-order valence-corrected chi connectivity index (χ4v) is 3.94. The number of pyridine rings is 1. The number of para-hydroxylation sites is 2. The van der Waals surface area contributed by atoms with E-state index in [4.69, 9.17) is 0 Å². The molecular formula is C21H21N5O3. The number of H-pyrrole nitrogens is 1. The van der Waals surface area contributed by atoms with Gasteiger partial charge >= 0.3 is 5.69 Å². The van der Waals surface area contributed by atoms with E-state index in [-0.39, 0.29) is 22.9 Å². The number of carbonyl (C=O) groups is 1. The summed E-state index contributed by atoms with van der Waals surface area (Å²) in [5.74, 6) is -0.338. The van der Waals surface area contributed by atoms with Crippen LogP contribution in [0.1, 0.15) is 42.1 Å². The van der Waals surface area contributed by atoms with Crippen LogP contribution >= 0.6 is 0 Å². The van der Waals surface area contributed by atoms with Crippen molar-refractivity contribution >= 4 is 28.3 Å². The molecule has 0 unspecified atom stereocenters. The Kier molecular flexibility index (Phi) is 4.19. The Morgan fingerprint density at radius 2 is 1.90 bits per heavy atom. The van der Waals surface area contributed by atoms with Gasteiger partial charge in [-0.15, -0.1) is 0 Å². The molecule has 2 aromatic heterocycles. The number of nitrogens with one attached hydrogen (secondary N) is 2. The van der Waals surface area contributed by atoms with Gasteiger partial charge in [-0.2, -0.15) is 0 Å². The first-order valence-corrected chi connectivity index (χ1v) is 9.92. The van der Waals surface area contributed by atoms with Crippen molar-refractivity contribution in [2.24, 2.45) is 0 Å². The van der Waals surface area contributed by atoms with Crippen molar-refractivity contribution < 1.29 is 4.79 Å². The van der Waals surface area contributed by atoms with Crippen LogP contribution in [0.4, 0.5) is 11.4 Å². The molecule has 8 heteroatoms. The summed E-state index contributed by atoms with van der Waals surface area (Å²) < 4.78 is 1.51. The van der Waals surface area contributed by atoms with Crippen molar-refractivity contribution in [3.63, 3.8) is 0 Å². The Morgan fingerprint density at radius 1 is 1.14 bits per heavy atom. The monoisotopic (exact) mass is 391 g/mol. The Balaban J connectivity index is 1.50. The number of benzene rings is 1. The van der Waals surface area contributed by atoms with Crippen LogP contribution in [0.2, 0.25) is 0 Å². The fraction of sp³-hybridized carbons (Fsp3) is 0.333. The molecule has 5 rings (SSSR count). The molecule has 0 radical (unpaired) electrons. The number of nitrogens with zero attached hydrogens (tertiary/aromatic N) is 3. The van der Waals surface area contributed by atoms with Crippen molar-refractivity contribution in [2.75, 3.05) is 23.3 Å². The maximum absolute atomic E-state index is 12.9. The second kappa shape index (κ2) is 6.88. The van der Waals surface area contributed by atoms with Crippen molar-refractivity contribution in [1.82, 2.24) is 14.5 Å². The van der Waals surface area contributed by atoms with E-state index in [0.29, 0.717) is 5.65 Å². The van der Waals surface area contributed by atoms with Crippen molar-refractivity contribution in [2.45, 2.75) is 31.7 Å². The first kappa shape index (κ1) is 17.7. The number of hydrogen-bond acceptors (Lipinski definition) is 5. The summed E-state index contributed by atoms with van der Waals surface area (Å²) in [5, 5.41) is 3.19. The quantitative estimate of drug-likeness (QED) is 0.711. The SMILES string of the molecule is O=C(Nc1ccccc1N1CCCC1)c1cnc2c(c1)c(=O)[nH]c(=O)n2C1CC1. The van der Waals surface area contributed by atoms with Crippen LogP contribution in [0, 0.1) is 0 Å². The molecule has 148 valence electrons.